The van der Waals surface area contributed by atoms with Gasteiger partial charge in [-0.1, -0.05) is 0 Å². The van der Waals surface area contributed by atoms with Gasteiger partial charge in [0.2, 0.25) is 11.8 Å². The normalized spacial score (nSPS) is 32.4. The molecule has 1 aromatic heterocycles. The molecule has 5 fully saturated rings. The molecule has 31 heavy (non-hydrogen) atoms. The Labute approximate surface area is 181 Å². The largest absolute Gasteiger partial charge is 0.420 e. The Morgan fingerprint density at radius 2 is 1.61 bits per heavy atom. The highest BCUT2D eigenvalue weighted by atomic mass is 19.1. The third-order valence-electron chi connectivity index (χ3n) is 8.07. The van der Waals surface area contributed by atoms with Crippen molar-refractivity contribution in [1.29, 1.82) is 0 Å². The van der Waals surface area contributed by atoms with Crippen LogP contribution in [0.1, 0.15) is 63.2 Å². The van der Waals surface area contributed by atoms with Crippen molar-refractivity contribution in [1.82, 2.24) is 20.4 Å². The lowest BCUT2D eigenvalue weighted by Crippen LogP contribution is -2.62. The van der Waals surface area contributed by atoms with Crippen LogP contribution in [0.15, 0.2) is 28.7 Å². The zero-order valence-electron chi connectivity index (χ0n) is 17.7. The van der Waals surface area contributed by atoms with E-state index in [4.69, 9.17) is 4.42 Å². The van der Waals surface area contributed by atoms with Crippen molar-refractivity contribution in [2.75, 3.05) is 13.1 Å². The Hall–Kier alpha value is -2.44. The number of piperidine rings is 1. The molecule has 4 aliphatic carbocycles. The topological polar surface area (TPSA) is 71.3 Å². The lowest BCUT2D eigenvalue weighted by Gasteiger charge is -2.57. The van der Waals surface area contributed by atoms with Gasteiger partial charge < -0.3 is 14.6 Å². The van der Waals surface area contributed by atoms with Crippen LogP contribution in [0.5, 0.6) is 0 Å². The summed E-state index contributed by atoms with van der Waals surface area (Å²) in [6, 6.07) is 6.17. The van der Waals surface area contributed by atoms with Crippen LogP contribution in [-0.2, 0) is 0 Å². The number of rotatable bonds is 3. The third kappa shape index (κ3) is 3.62. The minimum atomic E-state index is -0.289. The van der Waals surface area contributed by atoms with Crippen molar-refractivity contribution in [2.45, 2.75) is 62.8 Å². The summed E-state index contributed by atoms with van der Waals surface area (Å²) < 4.78 is 19.0. The number of aromatic nitrogens is 2. The summed E-state index contributed by atoms with van der Waals surface area (Å²) in [5.74, 6) is 3.37. The van der Waals surface area contributed by atoms with Gasteiger partial charge in [0, 0.05) is 30.1 Å². The molecular weight excluding hydrogens is 395 g/mol. The molecule has 7 heteroatoms. The first-order valence-electron chi connectivity index (χ1n) is 11.7. The number of benzene rings is 1. The molecule has 0 unspecified atom stereocenters. The number of amides is 2. The average Bonchev–Trinajstić information content (AvgIpc) is 3.23. The Morgan fingerprint density at radius 1 is 1.00 bits per heavy atom. The second-order valence-corrected chi connectivity index (χ2v) is 10.3. The van der Waals surface area contributed by atoms with Gasteiger partial charge in [0.1, 0.15) is 5.82 Å². The standard InChI is InChI=1S/C24H29FN4O2/c25-20-3-1-18(2-4-20)21-27-28-22(31-21)19-5-7-29(8-6-19)23(30)26-24-12-15-9-16(13-24)11-17(10-15)14-24/h1-4,15-17,19H,5-14H2,(H,26,30). The van der Waals surface area contributed by atoms with Crippen molar-refractivity contribution >= 4 is 6.03 Å². The second-order valence-electron chi connectivity index (χ2n) is 10.3. The highest BCUT2D eigenvalue weighted by Gasteiger charge is 2.51. The fourth-order valence-electron chi connectivity index (χ4n) is 7.01. The van der Waals surface area contributed by atoms with Crippen LogP contribution in [0.3, 0.4) is 0 Å². The van der Waals surface area contributed by atoms with Crippen LogP contribution in [0.2, 0.25) is 0 Å². The fourth-order valence-corrected chi connectivity index (χ4v) is 7.01. The number of carbonyl (C=O) groups is 1. The van der Waals surface area contributed by atoms with E-state index < -0.39 is 0 Å². The number of nitrogens with one attached hydrogen (secondary N) is 1. The first-order chi connectivity index (χ1) is 15.1. The molecule has 1 N–H and O–H groups in total. The summed E-state index contributed by atoms with van der Waals surface area (Å²) in [6.45, 7) is 1.41. The molecule has 0 radical (unpaired) electrons. The number of likely N-dealkylation sites (tertiary alicyclic amines) is 1. The minimum absolute atomic E-state index is 0.0548. The molecule has 7 rings (SSSR count). The van der Waals surface area contributed by atoms with E-state index in [1.54, 1.807) is 12.1 Å². The lowest BCUT2D eigenvalue weighted by molar-refractivity contribution is -0.0160. The molecule has 2 aromatic rings. The number of urea groups is 1. The molecule has 0 spiro atoms. The third-order valence-corrected chi connectivity index (χ3v) is 8.07. The first-order valence-corrected chi connectivity index (χ1v) is 11.7. The molecule has 1 aliphatic heterocycles. The monoisotopic (exact) mass is 424 g/mol. The van der Waals surface area contributed by atoms with Crippen molar-refractivity contribution in [3.63, 3.8) is 0 Å². The van der Waals surface area contributed by atoms with E-state index in [0.717, 1.165) is 30.6 Å². The van der Waals surface area contributed by atoms with Crippen LogP contribution in [0.25, 0.3) is 11.5 Å². The summed E-state index contributed by atoms with van der Waals surface area (Å²) in [4.78, 5) is 15.0. The van der Waals surface area contributed by atoms with Gasteiger partial charge in [0.05, 0.1) is 0 Å². The van der Waals surface area contributed by atoms with Gasteiger partial charge in [0.15, 0.2) is 0 Å². The molecule has 164 valence electrons. The summed E-state index contributed by atoms with van der Waals surface area (Å²) in [5.41, 5.74) is 0.770. The highest BCUT2D eigenvalue weighted by molar-refractivity contribution is 5.75. The van der Waals surface area contributed by atoms with Gasteiger partial charge in [-0.2, -0.15) is 0 Å². The predicted octanol–water partition coefficient (Wildman–Crippen LogP) is 4.73. The van der Waals surface area contributed by atoms with Crippen molar-refractivity contribution in [2.24, 2.45) is 17.8 Å². The number of hydrogen-bond donors (Lipinski definition) is 1. The molecule has 5 aliphatic rings. The van der Waals surface area contributed by atoms with Crippen LogP contribution in [0.4, 0.5) is 9.18 Å². The van der Waals surface area contributed by atoms with Crippen LogP contribution in [0, 0.1) is 23.6 Å². The van der Waals surface area contributed by atoms with Crippen LogP contribution >= 0.6 is 0 Å². The molecule has 6 nitrogen and oxygen atoms in total. The average molecular weight is 425 g/mol. The van der Waals surface area contributed by atoms with E-state index in [9.17, 15) is 9.18 Å². The van der Waals surface area contributed by atoms with Crippen molar-refractivity contribution in [3.8, 4) is 11.5 Å². The molecule has 0 atom stereocenters. The van der Waals surface area contributed by atoms with Gasteiger partial charge >= 0.3 is 6.03 Å². The number of halogens is 1. The zero-order valence-corrected chi connectivity index (χ0v) is 17.7. The number of nitrogens with zero attached hydrogens (tertiary/aromatic N) is 3. The summed E-state index contributed by atoms with van der Waals surface area (Å²) in [7, 11) is 0. The van der Waals surface area contributed by atoms with Gasteiger partial charge in [-0.15, -0.1) is 10.2 Å². The van der Waals surface area contributed by atoms with Crippen molar-refractivity contribution in [3.05, 3.63) is 36.0 Å². The first kappa shape index (κ1) is 19.3. The minimum Gasteiger partial charge on any atom is -0.420 e. The van der Waals surface area contributed by atoms with E-state index in [1.807, 2.05) is 4.90 Å². The highest BCUT2D eigenvalue weighted by Crippen LogP contribution is 2.55. The maximum absolute atomic E-state index is 13.1. The number of hydrogen-bond acceptors (Lipinski definition) is 4. The maximum Gasteiger partial charge on any atom is 0.317 e. The molecule has 1 saturated heterocycles. The Bertz CT molecular complexity index is 929. The van der Waals surface area contributed by atoms with E-state index >= 15 is 0 Å². The Kier molecular flexibility index (Phi) is 4.54. The molecule has 2 heterocycles. The quantitative estimate of drug-likeness (QED) is 0.773. The smallest absolute Gasteiger partial charge is 0.317 e. The molecule has 2 amide bonds. The maximum atomic E-state index is 13.1. The van der Waals surface area contributed by atoms with Crippen LogP contribution < -0.4 is 5.32 Å². The number of carbonyl (C=O) groups excluding carboxylic acids is 1. The zero-order chi connectivity index (χ0) is 21.0. The van der Waals surface area contributed by atoms with Gasteiger partial charge in [0.25, 0.3) is 0 Å². The van der Waals surface area contributed by atoms with Gasteiger partial charge in [-0.25, -0.2) is 9.18 Å². The lowest BCUT2D eigenvalue weighted by atomic mass is 9.53. The van der Waals surface area contributed by atoms with Gasteiger partial charge in [-0.05, 0) is 93.4 Å². The second kappa shape index (κ2) is 7.31. The summed E-state index contributed by atoms with van der Waals surface area (Å²) in [5, 5.41) is 11.8. The van der Waals surface area contributed by atoms with E-state index in [0.29, 0.717) is 30.4 Å². The van der Waals surface area contributed by atoms with Gasteiger partial charge in [-0.3, -0.25) is 0 Å². The summed E-state index contributed by atoms with van der Waals surface area (Å²) in [6.07, 6.45) is 9.30. The van der Waals surface area contributed by atoms with E-state index in [2.05, 4.69) is 15.5 Å². The Balaban J connectivity index is 1.06. The molecular formula is C24H29FN4O2. The Morgan fingerprint density at radius 3 is 2.23 bits per heavy atom. The van der Waals surface area contributed by atoms with E-state index in [-0.39, 0.29) is 23.3 Å². The predicted molar refractivity (Wildman–Crippen MR) is 113 cm³/mol. The fraction of sp³-hybridized carbons (Fsp3) is 0.625. The SMILES string of the molecule is O=C(NC12CC3CC(CC(C3)C1)C2)N1CCC(c2nnc(-c3ccc(F)cc3)o2)CC1. The van der Waals surface area contributed by atoms with Crippen molar-refractivity contribution < 1.29 is 13.6 Å². The van der Waals surface area contributed by atoms with E-state index in [1.165, 1.54) is 50.7 Å². The molecule has 1 aromatic carbocycles. The molecule has 4 bridgehead atoms. The molecule has 4 saturated carbocycles. The summed E-state index contributed by atoms with van der Waals surface area (Å²) >= 11 is 0. The van der Waals surface area contributed by atoms with Crippen LogP contribution in [-0.4, -0.2) is 39.8 Å².